The molecule has 7 nitrogen and oxygen atoms in total. The number of nitrogens with one attached hydrogen (secondary N) is 1. The first kappa shape index (κ1) is 21.3. The predicted molar refractivity (Wildman–Crippen MR) is 129 cm³/mol. The van der Waals surface area contributed by atoms with Crippen LogP contribution in [0.4, 0.5) is 5.69 Å². The van der Waals surface area contributed by atoms with E-state index in [0.29, 0.717) is 11.3 Å². The lowest BCUT2D eigenvalue weighted by Crippen LogP contribution is -2.27. The first-order valence-electron chi connectivity index (χ1n) is 10.9. The summed E-state index contributed by atoms with van der Waals surface area (Å²) in [4.78, 5) is 37.5. The molecule has 0 saturated carbocycles. The molecule has 1 aliphatic rings. The molecule has 2 aromatic carbocycles. The summed E-state index contributed by atoms with van der Waals surface area (Å²) in [5, 5.41) is 0.834. The number of benzene rings is 2. The lowest BCUT2D eigenvalue weighted by Gasteiger charge is -2.07. The first-order valence-corrected chi connectivity index (χ1v) is 10.9. The standard InChI is InChI=1S/C27H21N3O4/c1-2-33-27(32)23-24(31)22(15-19-16-29-25-21(19)9-6-14-28-25)34-26(23)30-20-12-10-18(11-13-20)17-7-4-3-5-8-17/h3-16,23H,2H2,1H3,(H,28,29)/b22-15-,30-26?. The Labute approximate surface area is 195 Å². The summed E-state index contributed by atoms with van der Waals surface area (Å²) in [5.74, 6) is -2.39. The molecule has 3 heterocycles. The van der Waals surface area contributed by atoms with Gasteiger partial charge in [-0.3, -0.25) is 9.59 Å². The fraction of sp³-hybridized carbons (Fsp3) is 0.111. The SMILES string of the molecule is CCOC(=O)C1C(=O)/C(=C/c2c[nH]c3ncccc23)OC1=Nc1ccc(-c2ccccc2)cc1. The number of ketones is 1. The van der Waals surface area contributed by atoms with E-state index in [-0.39, 0.29) is 18.3 Å². The van der Waals surface area contributed by atoms with Gasteiger partial charge in [-0.25, -0.2) is 9.98 Å². The first-order chi connectivity index (χ1) is 16.6. The smallest absolute Gasteiger partial charge is 0.326 e. The van der Waals surface area contributed by atoms with Gasteiger partial charge in [0, 0.05) is 23.3 Å². The van der Waals surface area contributed by atoms with Crippen molar-refractivity contribution in [3.8, 4) is 11.1 Å². The quantitative estimate of drug-likeness (QED) is 0.259. The second-order valence-electron chi connectivity index (χ2n) is 7.67. The number of hydrogen-bond acceptors (Lipinski definition) is 6. The van der Waals surface area contributed by atoms with Crippen molar-refractivity contribution in [2.45, 2.75) is 6.92 Å². The zero-order valence-electron chi connectivity index (χ0n) is 18.4. The highest BCUT2D eigenvalue weighted by Gasteiger charge is 2.44. The maximum Gasteiger partial charge on any atom is 0.326 e. The molecule has 2 aromatic heterocycles. The van der Waals surface area contributed by atoms with Crippen molar-refractivity contribution in [2.75, 3.05) is 6.61 Å². The van der Waals surface area contributed by atoms with Gasteiger partial charge in [0.15, 0.2) is 11.7 Å². The van der Waals surface area contributed by atoms with Crippen LogP contribution in [0.1, 0.15) is 12.5 Å². The monoisotopic (exact) mass is 451 g/mol. The number of H-pyrrole nitrogens is 1. The number of esters is 1. The number of allylic oxidation sites excluding steroid dienone is 1. The highest BCUT2D eigenvalue weighted by molar-refractivity contribution is 6.27. The molecule has 7 heteroatoms. The molecule has 5 rings (SSSR count). The van der Waals surface area contributed by atoms with Crippen molar-refractivity contribution < 1.29 is 19.1 Å². The van der Waals surface area contributed by atoms with Gasteiger partial charge in [-0.1, -0.05) is 42.5 Å². The van der Waals surface area contributed by atoms with Crippen LogP contribution in [-0.2, 0) is 19.1 Å². The highest BCUT2D eigenvalue weighted by Crippen LogP contribution is 2.30. The Morgan fingerprint density at radius 2 is 1.85 bits per heavy atom. The molecule has 0 amide bonds. The highest BCUT2D eigenvalue weighted by atomic mass is 16.5. The van der Waals surface area contributed by atoms with E-state index in [0.717, 1.165) is 22.1 Å². The third-order valence-electron chi connectivity index (χ3n) is 5.47. The predicted octanol–water partition coefficient (Wildman–Crippen LogP) is 5.08. The van der Waals surface area contributed by atoms with Gasteiger partial charge in [0.25, 0.3) is 0 Å². The Kier molecular flexibility index (Phi) is 5.74. The number of Topliss-reactive ketones (excluding diaryl/α,β-unsaturated/α-hetero) is 1. The van der Waals surface area contributed by atoms with Gasteiger partial charge in [0.1, 0.15) is 5.65 Å². The molecule has 168 valence electrons. The van der Waals surface area contributed by atoms with E-state index in [2.05, 4.69) is 15.0 Å². The van der Waals surface area contributed by atoms with Crippen LogP contribution in [0.2, 0.25) is 0 Å². The topological polar surface area (TPSA) is 93.6 Å². The van der Waals surface area contributed by atoms with Crippen LogP contribution < -0.4 is 0 Å². The van der Waals surface area contributed by atoms with Gasteiger partial charge in [-0.2, -0.15) is 0 Å². The van der Waals surface area contributed by atoms with Crippen LogP contribution in [0.3, 0.4) is 0 Å². The van der Waals surface area contributed by atoms with E-state index < -0.39 is 17.7 Å². The van der Waals surface area contributed by atoms with E-state index in [1.165, 1.54) is 0 Å². The molecule has 4 aromatic rings. The second-order valence-corrected chi connectivity index (χ2v) is 7.67. The van der Waals surface area contributed by atoms with Crippen molar-refractivity contribution in [3.63, 3.8) is 0 Å². The summed E-state index contributed by atoms with van der Waals surface area (Å²) in [6.07, 6.45) is 5.01. The lowest BCUT2D eigenvalue weighted by atomic mass is 10.0. The summed E-state index contributed by atoms with van der Waals surface area (Å²) in [5.41, 5.74) is 4.09. The molecule has 0 spiro atoms. The zero-order valence-corrected chi connectivity index (χ0v) is 18.4. The fourth-order valence-corrected chi connectivity index (χ4v) is 3.82. The Morgan fingerprint density at radius 3 is 2.62 bits per heavy atom. The van der Waals surface area contributed by atoms with Crippen LogP contribution in [-0.4, -0.2) is 34.2 Å². The van der Waals surface area contributed by atoms with Gasteiger partial charge in [0.05, 0.1) is 12.3 Å². The Bertz CT molecular complexity index is 1420. The normalized spacial score (nSPS) is 17.9. The van der Waals surface area contributed by atoms with Crippen molar-refractivity contribution in [2.24, 2.45) is 10.9 Å². The van der Waals surface area contributed by atoms with Gasteiger partial charge in [0.2, 0.25) is 11.7 Å². The van der Waals surface area contributed by atoms with E-state index >= 15 is 0 Å². The lowest BCUT2D eigenvalue weighted by molar-refractivity contribution is -0.147. The molecule has 1 saturated heterocycles. The van der Waals surface area contributed by atoms with Gasteiger partial charge in [-0.05, 0) is 48.4 Å². The molecular weight excluding hydrogens is 430 g/mol. The largest absolute Gasteiger partial charge is 0.465 e. The fourth-order valence-electron chi connectivity index (χ4n) is 3.82. The van der Waals surface area contributed by atoms with Crippen LogP contribution in [0.25, 0.3) is 28.2 Å². The Hall–Kier alpha value is -4.52. The number of ether oxygens (including phenoxy) is 2. The molecule has 1 fully saturated rings. The molecule has 0 radical (unpaired) electrons. The molecule has 34 heavy (non-hydrogen) atoms. The van der Waals surface area contributed by atoms with Gasteiger partial charge < -0.3 is 14.5 Å². The molecule has 1 N–H and O–H groups in total. The minimum atomic E-state index is -1.25. The summed E-state index contributed by atoms with van der Waals surface area (Å²) >= 11 is 0. The number of nitrogens with zero attached hydrogens (tertiary/aromatic N) is 2. The van der Waals surface area contributed by atoms with Crippen molar-refractivity contribution in [3.05, 3.63) is 90.4 Å². The third kappa shape index (κ3) is 4.11. The number of hydrogen-bond donors (Lipinski definition) is 1. The average molecular weight is 451 g/mol. The molecule has 1 atom stereocenters. The summed E-state index contributed by atoms with van der Waals surface area (Å²) < 4.78 is 11.0. The van der Waals surface area contributed by atoms with E-state index in [1.807, 2.05) is 66.7 Å². The minimum Gasteiger partial charge on any atom is -0.465 e. The third-order valence-corrected chi connectivity index (χ3v) is 5.47. The summed E-state index contributed by atoms with van der Waals surface area (Å²) in [7, 11) is 0. The number of aliphatic imine (C=N–C) groups is 1. The number of rotatable bonds is 5. The number of carbonyl (C=O) groups is 2. The van der Waals surface area contributed by atoms with Gasteiger partial charge >= 0.3 is 5.97 Å². The summed E-state index contributed by atoms with van der Waals surface area (Å²) in [6, 6.07) is 21.1. The van der Waals surface area contributed by atoms with Crippen LogP contribution >= 0.6 is 0 Å². The van der Waals surface area contributed by atoms with E-state index in [9.17, 15) is 9.59 Å². The molecule has 0 aliphatic carbocycles. The van der Waals surface area contributed by atoms with Crippen molar-refractivity contribution >= 4 is 40.4 Å². The number of carbonyl (C=O) groups excluding carboxylic acids is 2. The number of aromatic nitrogens is 2. The number of fused-ring (bicyclic) bond motifs is 1. The van der Waals surface area contributed by atoms with Crippen LogP contribution in [0, 0.1) is 5.92 Å². The van der Waals surface area contributed by atoms with Crippen LogP contribution in [0.5, 0.6) is 0 Å². The maximum absolute atomic E-state index is 13.1. The summed E-state index contributed by atoms with van der Waals surface area (Å²) in [6.45, 7) is 1.84. The van der Waals surface area contributed by atoms with E-state index in [1.54, 1.807) is 25.4 Å². The molecule has 1 unspecified atom stereocenters. The Balaban J connectivity index is 1.49. The van der Waals surface area contributed by atoms with E-state index in [4.69, 9.17) is 9.47 Å². The maximum atomic E-state index is 13.1. The number of aromatic amines is 1. The van der Waals surface area contributed by atoms with Crippen molar-refractivity contribution in [1.29, 1.82) is 0 Å². The molecule has 1 aliphatic heterocycles. The number of pyridine rings is 1. The molecule has 0 bridgehead atoms. The minimum absolute atomic E-state index is 0.000118. The van der Waals surface area contributed by atoms with Gasteiger partial charge in [-0.15, -0.1) is 0 Å². The zero-order chi connectivity index (χ0) is 23.5. The van der Waals surface area contributed by atoms with Crippen LogP contribution in [0.15, 0.2) is 89.9 Å². The Morgan fingerprint density at radius 1 is 1.09 bits per heavy atom. The second kappa shape index (κ2) is 9.15. The average Bonchev–Trinajstić information content (AvgIpc) is 3.41. The molecular formula is C27H21N3O4. The van der Waals surface area contributed by atoms with Crippen molar-refractivity contribution in [1.82, 2.24) is 9.97 Å².